The Morgan fingerprint density at radius 3 is 1.18 bits per heavy atom. The number of nitro groups is 2. The van der Waals surface area contributed by atoms with Crippen LogP contribution in [0.3, 0.4) is 0 Å². The van der Waals surface area contributed by atoms with E-state index in [0.29, 0.717) is 93.1 Å². The van der Waals surface area contributed by atoms with Crippen molar-refractivity contribution in [2.45, 2.75) is 27.1 Å². The van der Waals surface area contributed by atoms with Gasteiger partial charge in [-0.25, -0.2) is 15.0 Å². The summed E-state index contributed by atoms with van der Waals surface area (Å²) in [5.74, 6) is 1.26. The van der Waals surface area contributed by atoms with Gasteiger partial charge in [0, 0.05) is 151 Å². The number of nitrogens with one attached hydrogen (secondary N) is 6. The molecule has 0 spiro atoms. The monoisotopic (exact) mass is 1260 g/mol. The van der Waals surface area contributed by atoms with Crippen molar-refractivity contribution in [2.75, 3.05) is 38.9 Å². The molecule has 0 amide bonds. The summed E-state index contributed by atoms with van der Waals surface area (Å²) >= 11 is 22.8. The van der Waals surface area contributed by atoms with Gasteiger partial charge in [-0.2, -0.15) is 25.5 Å². The summed E-state index contributed by atoms with van der Waals surface area (Å²) in [6.07, 6.45) is 3.32. The third kappa shape index (κ3) is 21.2. The molecule has 0 saturated carbocycles. The van der Waals surface area contributed by atoms with Gasteiger partial charge in [-0.1, -0.05) is 79.7 Å². The number of rotatable bonds is 16. The number of halogens is 1. The van der Waals surface area contributed by atoms with Crippen LogP contribution < -0.4 is 38.9 Å². The maximum atomic E-state index is 10.7. The Morgan fingerprint density at radius 1 is 0.542 bits per heavy atom. The number of nitrogen functional groups attached to an aromatic ring is 4. The highest BCUT2D eigenvalue weighted by Gasteiger charge is 2.17. The van der Waals surface area contributed by atoms with E-state index in [9.17, 15) is 20.2 Å². The zero-order valence-corrected chi connectivity index (χ0v) is 48.5. The molecule has 24 nitrogen and oxygen atoms in total. The van der Waals surface area contributed by atoms with Gasteiger partial charge < -0.3 is 55.1 Å². The van der Waals surface area contributed by atoms with Crippen molar-refractivity contribution in [1.29, 1.82) is 26.8 Å². The molecular weight excluding hydrogens is 1220 g/mol. The minimum absolute atomic E-state index is 0. The highest BCUT2D eigenvalue weighted by molar-refractivity contribution is 8.51. The molecule has 8 aromatic rings. The van der Waals surface area contributed by atoms with Crippen LogP contribution in [0.4, 0.5) is 52.4 Å². The van der Waals surface area contributed by atoms with E-state index in [0.717, 1.165) is 38.0 Å². The lowest BCUT2D eigenvalue weighted by Gasteiger charge is -2.13. The Morgan fingerprint density at radius 2 is 0.867 bits per heavy atom. The number of aromatic nitrogens is 6. The number of anilines is 7. The van der Waals surface area contributed by atoms with Crippen molar-refractivity contribution in [1.82, 2.24) is 29.9 Å². The smallest absolute Gasteiger partial charge is 0.269 e. The first-order valence-electron chi connectivity index (χ1n) is 22.7. The molecule has 424 valence electrons. The Balaban J connectivity index is 0.000000309. The van der Waals surface area contributed by atoms with Crippen LogP contribution in [0.15, 0.2) is 121 Å². The fourth-order valence-electron chi connectivity index (χ4n) is 6.81. The van der Waals surface area contributed by atoms with Crippen molar-refractivity contribution in [3.05, 3.63) is 191 Å². The van der Waals surface area contributed by atoms with E-state index in [-0.39, 0.29) is 41.8 Å². The second-order valence-corrected chi connectivity index (χ2v) is 21.4. The molecule has 0 aliphatic carbocycles. The Labute approximate surface area is 508 Å². The number of benzene rings is 5. The van der Waals surface area contributed by atoms with Gasteiger partial charge in [-0.15, -0.1) is 0 Å². The van der Waals surface area contributed by atoms with E-state index < -0.39 is 9.85 Å². The van der Waals surface area contributed by atoms with E-state index in [1.807, 2.05) is 30.3 Å². The van der Waals surface area contributed by atoms with Gasteiger partial charge in [0.1, 0.15) is 22.6 Å². The standard InChI is InChI=1S/C19H15N7O2.C19H17N7.C12H11ClN6O2.CH4.S4.S3/c20-9-13-2-1-3-14(8-13)17-16(10-21)18(25-19(22)24-17)23-11-12-4-6-15(7-5-12)26(27)28;20-9-13-2-1-3-14(8-13)17-16(10-21)18(26-19(23)25-17)24-11-12-4-6-15(22)7-5-12;13-10-9(5-14)11(18-12(15)17-10)16-6-7-1-3-8(4-2-7)19(20)21;;1-3-4-2;1-3-2/h1-8,10,21H,11H2,(H3,22,23,24,25);1-8,10,21H,11,22H2,(H3,23,24,25,26);1-5,14H,6H2,(H3,15,16,17,18);1H4;;. The Bertz CT molecular complexity index is 3810. The SMILES string of the molecule is C.N#Cc1cccc(-c2nc(N)nc(NCc3ccc(N)cc3)c2C=N)c1.N#Cc1cccc(-c2nc(N)nc(NCc3ccc([N+](=O)[O-])cc3)c2C=N)c1.N=Cc1c(Cl)nc(N)nc1NCc1ccc([N+](=O)[O-])cc1.S=S=S.S=S=S=S. The number of nitriles is 2. The van der Waals surface area contributed by atoms with Crippen LogP contribution in [0.2, 0.25) is 5.15 Å². The Kier molecular flexibility index (Phi) is 28.9. The molecule has 0 aliphatic rings. The normalized spacial score (nSPS) is 9.53. The van der Waals surface area contributed by atoms with Crippen LogP contribution in [0.5, 0.6) is 0 Å². The molecule has 0 bridgehead atoms. The summed E-state index contributed by atoms with van der Waals surface area (Å²) < 4.78 is 0. The fraction of sp³-hybridized carbons (Fsp3) is 0.0784. The molecule has 0 saturated heterocycles. The average Bonchev–Trinajstić information content (AvgIpc) is 3.49. The van der Waals surface area contributed by atoms with Gasteiger partial charge in [0.2, 0.25) is 17.8 Å². The maximum Gasteiger partial charge on any atom is 0.269 e. The summed E-state index contributed by atoms with van der Waals surface area (Å²) in [6.45, 7) is 1.17. The summed E-state index contributed by atoms with van der Waals surface area (Å²) in [4.78, 5) is 45.0. The zero-order chi connectivity index (χ0) is 60.1. The van der Waals surface area contributed by atoms with E-state index in [1.54, 1.807) is 66.7 Å². The minimum Gasteiger partial charge on any atom is -0.399 e. The number of nitro benzene ring substituents is 2. The van der Waals surface area contributed by atoms with Gasteiger partial charge >= 0.3 is 0 Å². The first kappa shape index (κ1) is 67.8. The molecule has 14 N–H and O–H groups in total. The van der Waals surface area contributed by atoms with Crippen molar-refractivity contribution in [3.8, 4) is 34.7 Å². The van der Waals surface area contributed by atoms with Crippen LogP contribution in [0.1, 0.15) is 51.9 Å². The van der Waals surface area contributed by atoms with E-state index in [2.05, 4.69) is 103 Å². The highest BCUT2D eigenvalue weighted by Crippen LogP contribution is 2.29. The van der Waals surface area contributed by atoms with Crippen LogP contribution in [0.25, 0.3) is 22.5 Å². The number of hydrogen-bond acceptors (Lipinski definition) is 26. The van der Waals surface area contributed by atoms with Crippen molar-refractivity contribution >= 4 is 154 Å². The zero-order valence-electron chi connectivity index (χ0n) is 42.1. The molecule has 0 unspecified atom stereocenters. The molecule has 32 heteroatoms. The molecule has 0 aliphatic heterocycles. The molecule has 83 heavy (non-hydrogen) atoms. The van der Waals surface area contributed by atoms with Gasteiger partial charge in [0.15, 0.2) is 0 Å². The second kappa shape index (κ2) is 35.3. The molecule has 3 heterocycles. The number of nitrogens with zero attached hydrogens (tertiary/aromatic N) is 10. The van der Waals surface area contributed by atoms with Gasteiger partial charge in [-0.3, -0.25) is 20.2 Å². The lowest BCUT2D eigenvalue weighted by molar-refractivity contribution is -0.385. The van der Waals surface area contributed by atoms with Crippen LogP contribution in [0, 0.1) is 59.1 Å². The van der Waals surface area contributed by atoms with Gasteiger partial charge in [0.25, 0.3) is 11.4 Å². The second-order valence-electron chi connectivity index (χ2n) is 15.7. The van der Waals surface area contributed by atoms with Crippen molar-refractivity contribution < 1.29 is 9.85 Å². The first-order valence-corrected chi connectivity index (χ1v) is 29.7. The van der Waals surface area contributed by atoms with E-state index in [1.165, 1.54) is 48.2 Å². The number of non-ortho nitro benzene ring substituents is 2. The van der Waals surface area contributed by atoms with Gasteiger partial charge in [0.05, 0.1) is 61.2 Å². The van der Waals surface area contributed by atoms with Crippen LogP contribution >= 0.6 is 11.6 Å². The molecular formula is C51H47ClN20O4S7. The predicted octanol–water partition coefficient (Wildman–Crippen LogP) is 8.75. The van der Waals surface area contributed by atoms with Gasteiger partial charge in [-0.05, 0) is 53.1 Å². The first-order chi connectivity index (χ1) is 39.4. The van der Waals surface area contributed by atoms with Crippen LogP contribution in [-0.4, -0.2) is 58.4 Å². The lowest BCUT2D eigenvalue weighted by Crippen LogP contribution is -2.09. The third-order valence-electron chi connectivity index (χ3n) is 10.5. The Hall–Kier alpha value is -9.44. The average molecular weight is 1260 g/mol. The summed E-state index contributed by atoms with van der Waals surface area (Å²) in [6, 6.07) is 37.6. The lowest BCUT2D eigenvalue weighted by atomic mass is 10.0. The summed E-state index contributed by atoms with van der Waals surface area (Å²) in [7, 11) is 3.26. The molecule has 0 fully saturated rings. The molecule has 3 aromatic heterocycles. The predicted molar refractivity (Wildman–Crippen MR) is 346 cm³/mol. The number of nitrogens with two attached hydrogens (primary N) is 4. The third-order valence-corrected chi connectivity index (χ3v) is 13.0. The molecule has 8 rings (SSSR count). The molecule has 0 atom stereocenters. The van der Waals surface area contributed by atoms with E-state index >= 15 is 0 Å². The minimum atomic E-state index is -0.463. The molecule has 0 radical (unpaired) electrons. The largest absolute Gasteiger partial charge is 0.399 e. The summed E-state index contributed by atoms with van der Waals surface area (Å²) in [5, 5.41) is 71.7. The molecule has 5 aromatic carbocycles. The topological polar surface area (TPSA) is 423 Å². The van der Waals surface area contributed by atoms with Crippen LogP contribution in [-0.2, 0) is 91.0 Å². The van der Waals surface area contributed by atoms with E-state index in [4.69, 9.17) is 61.3 Å². The van der Waals surface area contributed by atoms with Crippen molar-refractivity contribution in [3.63, 3.8) is 0 Å². The maximum absolute atomic E-state index is 10.7. The fourth-order valence-corrected chi connectivity index (χ4v) is 7.04. The summed E-state index contributed by atoms with van der Waals surface area (Å²) in [5.41, 5.74) is 30.8. The highest BCUT2D eigenvalue weighted by atomic mass is 35.5. The number of hydrogen-bond donors (Lipinski definition) is 10. The van der Waals surface area contributed by atoms with Crippen molar-refractivity contribution in [2.24, 2.45) is 0 Å². The quantitative estimate of drug-likeness (QED) is 0.0142.